The molecule has 0 amide bonds. The van der Waals surface area contributed by atoms with E-state index in [9.17, 15) is 4.39 Å². The Kier molecular flexibility index (Phi) is 3.20. The largest absolute Gasteiger partial charge is 0.244 e. The number of hydrogen-bond acceptors (Lipinski definition) is 2. The fourth-order valence-corrected chi connectivity index (χ4v) is 1.73. The molecule has 96 valence electrons. The molecule has 0 unspecified atom stereocenters. The van der Waals surface area contributed by atoms with Gasteiger partial charge in [-0.25, -0.2) is 14.1 Å². The van der Waals surface area contributed by atoms with Gasteiger partial charge in [-0.3, -0.25) is 0 Å². The van der Waals surface area contributed by atoms with Gasteiger partial charge in [0.15, 0.2) is 5.82 Å². The van der Waals surface area contributed by atoms with Crippen molar-refractivity contribution in [1.82, 2.24) is 14.8 Å². The van der Waals surface area contributed by atoms with Gasteiger partial charge in [-0.15, -0.1) is 0 Å². The second-order valence-corrected chi connectivity index (χ2v) is 5.49. The maximum absolute atomic E-state index is 12.9. The van der Waals surface area contributed by atoms with E-state index in [1.165, 1.54) is 0 Å². The summed E-state index contributed by atoms with van der Waals surface area (Å²) in [5.41, 5.74) is 2.39. The van der Waals surface area contributed by atoms with E-state index in [4.69, 9.17) is 0 Å². The van der Waals surface area contributed by atoms with Crippen molar-refractivity contribution in [2.24, 2.45) is 0 Å². The minimum absolute atomic E-state index is 0.0379. The van der Waals surface area contributed by atoms with E-state index in [0.29, 0.717) is 11.5 Å². The Morgan fingerprint density at radius 3 is 2.50 bits per heavy atom. The van der Waals surface area contributed by atoms with Crippen molar-refractivity contribution in [1.29, 1.82) is 0 Å². The predicted octanol–water partition coefficient (Wildman–Crippen LogP) is 3.34. The van der Waals surface area contributed by atoms with Crippen LogP contribution in [0.4, 0.5) is 4.39 Å². The first kappa shape index (κ1) is 12.7. The van der Waals surface area contributed by atoms with E-state index in [-0.39, 0.29) is 5.41 Å². The first-order valence-corrected chi connectivity index (χ1v) is 6.00. The molecule has 0 aliphatic rings. The second-order valence-electron chi connectivity index (χ2n) is 5.49. The fourth-order valence-electron chi connectivity index (χ4n) is 1.73. The highest BCUT2D eigenvalue weighted by atomic mass is 19.1. The normalized spacial score (nSPS) is 11.8. The van der Waals surface area contributed by atoms with Gasteiger partial charge < -0.3 is 0 Å². The number of rotatable bonds is 2. The van der Waals surface area contributed by atoms with Crippen LogP contribution < -0.4 is 0 Å². The number of alkyl halides is 1. The Balaban J connectivity index is 2.54. The van der Waals surface area contributed by atoms with Crippen molar-refractivity contribution in [3.63, 3.8) is 0 Å². The van der Waals surface area contributed by atoms with E-state index in [1.807, 2.05) is 31.3 Å². The van der Waals surface area contributed by atoms with Crippen LogP contribution in [-0.2, 0) is 12.1 Å². The molecule has 0 saturated heterocycles. The van der Waals surface area contributed by atoms with Crippen molar-refractivity contribution in [2.75, 3.05) is 0 Å². The van der Waals surface area contributed by atoms with Crippen molar-refractivity contribution in [3.05, 3.63) is 41.3 Å². The monoisotopic (exact) mass is 247 g/mol. The van der Waals surface area contributed by atoms with Crippen LogP contribution >= 0.6 is 0 Å². The van der Waals surface area contributed by atoms with E-state index < -0.39 is 6.67 Å². The zero-order chi connectivity index (χ0) is 13.3. The van der Waals surface area contributed by atoms with Crippen molar-refractivity contribution >= 4 is 0 Å². The van der Waals surface area contributed by atoms with Crippen LogP contribution in [0.3, 0.4) is 0 Å². The van der Waals surface area contributed by atoms with E-state index >= 15 is 0 Å². The number of hydrogen-bond donors (Lipinski definition) is 0. The number of pyridine rings is 1. The number of halogens is 1. The standard InChI is InChI=1S/C14H18FN3/c1-10-5-6-18(17-10)13-8-11(14(2,3)4)7-12(9-15)16-13/h5-8H,9H2,1-4H3. The fraction of sp³-hybridized carbons (Fsp3) is 0.429. The maximum atomic E-state index is 12.9. The smallest absolute Gasteiger partial charge is 0.153 e. The third-order valence-corrected chi connectivity index (χ3v) is 2.82. The minimum Gasteiger partial charge on any atom is -0.244 e. The molecule has 2 aromatic rings. The maximum Gasteiger partial charge on any atom is 0.153 e. The summed E-state index contributed by atoms with van der Waals surface area (Å²) < 4.78 is 14.6. The van der Waals surface area contributed by atoms with Gasteiger partial charge in [-0.05, 0) is 36.1 Å². The van der Waals surface area contributed by atoms with Gasteiger partial charge in [0.05, 0.1) is 11.4 Å². The summed E-state index contributed by atoms with van der Waals surface area (Å²) in [5.74, 6) is 0.670. The summed E-state index contributed by atoms with van der Waals surface area (Å²) in [6, 6.07) is 5.69. The topological polar surface area (TPSA) is 30.7 Å². The van der Waals surface area contributed by atoms with E-state index in [1.54, 1.807) is 4.68 Å². The molecule has 0 saturated carbocycles. The van der Waals surface area contributed by atoms with Gasteiger partial charge in [-0.2, -0.15) is 5.10 Å². The molecule has 4 heteroatoms. The Morgan fingerprint density at radius 1 is 1.28 bits per heavy atom. The quantitative estimate of drug-likeness (QED) is 0.814. The number of aryl methyl sites for hydroxylation is 1. The predicted molar refractivity (Wildman–Crippen MR) is 69.6 cm³/mol. The molecule has 0 aromatic carbocycles. The molecular weight excluding hydrogens is 229 g/mol. The summed E-state index contributed by atoms with van der Waals surface area (Å²) in [6.45, 7) is 7.66. The van der Waals surface area contributed by atoms with Crippen molar-refractivity contribution in [3.8, 4) is 5.82 Å². The Morgan fingerprint density at radius 2 is 2.00 bits per heavy atom. The van der Waals surface area contributed by atoms with Gasteiger partial charge in [0, 0.05) is 6.20 Å². The molecule has 2 aromatic heterocycles. The van der Waals surface area contributed by atoms with Gasteiger partial charge >= 0.3 is 0 Å². The van der Waals surface area contributed by atoms with Crippen LogP contribution in [0.5, 0.6) is 0 Å². The van der Waals surface area contributed by atoms with Gasteiger partial charge in [0.2, 0.25) is 0 Å². The van der Waals surface area contributed by atoms with E-state index in [0.717, 1.165) is 11.3 Å². The Labute approximate surface area is 107 Å². The van der Waals surface area contributed by atoms with Crippen molar-refractivity contribution < 1.29 is 4.39 Å². The lowest BCUT2D eigenvalue weighted by molar-refractivity contribution is 0.473. The van der Waals surface area contributed by atoms with Crippen LogP contribution in [0.2, 0.25) is 0 Å². The first-order chi connectivity index (χ1) is 8.40. The third kappa shape index (κ3) is 2.58. The van der Waals surface area contributed by atoms with Crippen LogP contribution in [-0.4, -0.2) is 14.8 Å². The van der Waals surface area contributed by atoms with Crippen molar-refractivity contribution in [2.45, 2.75) is 39.8 Å². The Bertz CT molecular complexity index is 552. The first-order valence-electron chi connectivity index (χ1n) is 6.00. The highest BCUT2D eigenvalue weighted by Crippen LogP contribution is 2.24. The molecule has 0 radical (unpaired) electrons. The van der Waals surface area contributed by atoms with Gasteiger partial charge in [-0.1, -0.05) is 20.8 Å². The lowest BCUT2D eigenvalue weighted by atomic mass is 9.87. The molecule has 0 atom stereocenters. The lowest BCUT2D eigenvalue weighted by Gasteiger charge is -2.20. The molecule has 3 nitrogen and oxygen atoms in total. The summed E-state index contributed by atoms with van der Waals surface area (Å²) in [5, 5.41) is 4.31. The summed E-state index contributed by atoms with van der Waals surface area (Å²) in [4.78, 5) is 4.27. The molecule has 0 bridgehead atoms. The summed E-state index contributed by atoms with van der Waals surface area (Å²) in [7, 11) is 0. The molecule has 0 aliphatic carbocycles. The third-order valence-electron chi connectivity index (χ3n) is 2.82. The average molecular weight is 247 g/mol. The van der Waals surface area contributed by atoms with Crippen LogP contribution in [0.25, 0.3) is 5.82 Å². The van der Waals surface area contributed by atoms with Gasteiger partial charge in [0.25, 0.3) is 0 Å². The lowest BCUT2D eigenvalue weighted by Crippen LogP contribution is -2.14. The average Bonchev–Trinajstić information content (AvgIpc) is 2.74. The molecule has 2 heterocycles. The summed E-state index contributed by atoms with van der Waals surface area (Å²) in [6.07, 6.45) is 1.84. The molecule has 0 fully saturated rings. The molecular formula is C14H18FN3. The zero-order valence-electron chi connectivity index (χ0n) is 11.2. The molecule has 0 aliphatic heterocycles. The summed E-state index contributed by atoms with van der Waals surface area (Å²) >= 11 is 0. The highest BCUT2D eigenvalue weighted by Gasteiger charge is 2.16. The second kappa shape index (κ2) is 4.52. The zero-order valence-corrected chi connectivity index (χ0v) is 11.2. The molecule has 18 heavy (non-hydrogen) atoms. The molecule has 0 N–H and O–H groups in total. The van der Waals surface area contributed by atoms with Crippen LogP contribution in [0.15, 0.2) is 24.4 Å². The molecule has 2 rings (SSSR count). The Hall–Kier alpha value is -1.71. The number of aromatic nitrogens is 3. The van der Waals surface area contributed by atoms with E-state index in [2.05, 4.69) is 30.9 Å². The van der Waals surface area contributed by atoms with Crippen LogP contribution in [0, 0.1) is 6.92 Å². The number of nitrogens with zero attached hydrogens (tertiary/aromatic N) is 3. The van der Waals surface area contributed by atoms with Crippen LogP contribution in [0.1, 0.15) is 37.7 Å². The molecule has 0 spiro atoms. The van der Waals surface area contributed by atoms with Gasteiger partial charge in [0.1, 0.15) is 6.67 Å². The SMILES string of the molecule is Cc1ccn(-c2cc(C(C)(C)C)cc(CF)n2)n1. The highest BCUT2D eigenvalue weighted by molar-refractivity contribution is 5.34. The minimum atomic E-state index is -0.558.